The van der Waals surface area contributed by atoms with E-state index in [1.165, 1.54) is 11.0 Å². The summed E-state index contributed by atoms with van der Waals surface area (Å²) in [5.41, 5.74) is -0.507. The number of carbonyl (C=O) groups is 1. The number of hydrogen-bond acceptors (Lipinski definition) is 5. The van der Waals surface area contributed by atoms with Crippen molar-refractivity contribution in [3.8, 4) is 0 Å². The predicted octanol–water partition coefficient (Wildman–Crippen LogP) is 4.21. The van der Waals surface area contributed by atoms with Gasteiger partial charge >= 0.3 is 12.2 Å². The molecule has 0 bridgehead atoms. The number of amides is 2. The number of anilines is 2. The highest BCUT2D eigenvalue weighted by Gasteiger charge is 2.48. The summed E-state index contributed by atoms with van der Waals surface area (Å²) in [7, 11) is 0. The molecule has 1 saturated heterocycles. The molecule has 3 aromatic rings. The maximum atomic E-state index is 13.6. The van der Waals surface area contributed by atoms with Crippen LogP contribution >= 0.6 is 11.6 Å². The Morgan fingerprint density at radius 3 is 2.35 bits per heavy atom. The standard InChI is InChI=1S/C26H26ClF3N4O3/c27-21-5-7-22(8-6-21)34-24(37)32-17-25(34,19-2-1-3-20(14-19)26(28,29)30)15-18-4-9-23(31-16-18)33(10-12-35)11-13-36/h1-9,14,16,35-36H,10-13,15,17H2,(H,32,37)/t25-/m1/s1. The molecule has 2 aromatic carbocycles. The summed E-state index contributed by atoms with van der Waals surface area (Å²) < 4.78 is 40.9. The molecule has 0 saturated carbocycles. The maximum absolute atomic E-state index is 13.6. The maximum Gasteiger partial charge on any atom is 0.416 e. The lowest BCUT2D eigenvalue weighted by molar-refractivity contribution is -0.137. The first-order chi connectivity index (χ1) is 17.7. The molecule has 2 amide bonds. The van der Waals surface area contributed by atoms with Crippen molar-refractivity contribution in [1.29, 1.82) is 0 Å². The number of hydrogen-bond donors (Lipinski definition) is 3. The number of alkyl halides is 3. The molecular weight excluding hydrogens is 509 g/mol. The summed E-state index contributed by atoms with van der Waals surface area (Å²) in [4.78, 5) is 20.7. The molecule has 196 valence electrons. The third-order valence-corrected chi connectivity index (χ3v) is 6.60. The van der Waals surface area contributed by atoms with Crippen molar-refractivity contribution in [1.82, 2.24) is 10.3 Å². The lowest BCUT2D eigenvalue weighted by Gasteiger charge is -2.38. The average Bonchev–Trinajstić information content (AvgIpc) is 3.21. The Morgan fingerprint density at radius 2 is 1.76 bits per heavy atom. The molecule has 0 spiro atoms. The van der Waals surface area contributed by atoms with Gasteiger partial charge < -0.3 is 20.4 Å². The van der Waals surface area contributed by atoms with Crippen LogP contribution in [0.15, 0.2) is 66.9 Å². The van der Waals surface area contributed by atoms with Gasteiger partial charge in [-0.2, -0.15) is 13.2 Å². The van der Waals surface area contributed by atoms with Crippen LogP contribution in [0, 0.1) is 0 Å². The Hall–Kier alpha value is -3.34. The zero-order valence-electron chi connectivity index (χ0n) is 19.7. The van der Waals surface area contributed by atoms with E-state index in [1.54, 1.807) is 53.6 Å². The summed E-state index contributed by atoms with van der Waals surface area (Å²) in [5.74, 6) is 0.537. The summed E-state index contributed by atoms with van der Waals surface area (Å²) >= 11 is 6.04. The normalized spacial score (nSPS) is 17.7. The minimum absolute atomic E-state index is 0.0681. The van der Waals surface area contributed by atoms with Crippen LogP contribution in [0.25, 0.3) is 0 Å². The Morgan fingerprint density at radius 1 is 1.05 bits per heavy atom. The first-order valence-corrected chi connectivity index (χ1v) is 12.0. The third-order valence-electron chi connectivity index (χ3n) is 6.34. The number of rotatable bonds is 9. The monoisotopic (exact) mass is 534 g/mol. The van der Waals surface area contributed by atoms with Gasteiger partial charge in [0.05, 0.1) is 24.3 Å². The van der Waals surface area contributed by atoms with Gasteiger partial charge in [-0.05, 0) is 53.6 Å². The summed E-state index contributed by atoms with van der Waals surface area (Å²) in [5, 5.41) is 21.9. The van der Waals surface area contributed by atoms with Crippen molar-refractivity contribution >= 4 is 29.1 Å². The number of aromatic nitrogens is 1. The highest BCUT2D eigenvalue weighted by molar-refractivity contribution is 6.30. The fourth-order valence-corrected chi connectivity index (χ4v) is 4.74. The van der Waals surface area contributed by atoms with Gasteiger partial charge in [0, 0.05) is 43.0 Å². The van der Waals surface area contributed by atoms with E-state index in [0.717, 1.165) is 12.1 Å². The Balaban J connectivity index is 1.79. The van der Waals surface area contributed by atoms with Gasteiger partial charge in [0.2, 0.25) is 0 Å². The van der Waals surface area contributed by atoms with Crippen molar-refractivity contribution in [3.63, 3.8) is 0 Å². The third kappa shape index (κ3) is 5.66. The van der Waals surface area contributed by atoms with E-state index in [1.807, 2.05) is 0 Å². The number of benzene rings is 2. The molecule has 1 aliphatic heterocycles. The second-order valence-corrected chi connectivity index (χ2v) is 9.15. The largest absolute Gasteiger partial charge is 0.416 e. The van der Waals surface area contributed by atoms with Gasteiger partial charge in [-0.15, -0.1) is 0 Å². The minimum Gasteiger partial charge on any atom is -0.395 e. The van der Waals surface area contributed by atoms with Crippen LogP contribution < -0.4 is 15.1 Å². The number of pyridine rings is 1. The molecule has 1 fully saturated rings. The van der Waals surface area contributed by atoms with Crippen LogP contribution in [0.5, 0.6) is 0 Å². The summed E-state index contributed by atoms with van der Waals surface area (Å²) in [6.45, 7) is 0.393. The molecule has 1 atom stereocenters. The highest BCUT2D eigenvalue weighted by atomic mass is 35.5. The van der Waals surface area contributed by atoms with E-state index in [4.69, 9.17) is 11.6 Å². The smallest absolute Gasteiger partial charge is 0.395 e. The molecule has 2 heterocycles. The number of nitrogens with one attached hydrogen (secondary N) is 1. The van der Waals surface area contributed by atoms with Crippen LogP contribution in [-0.2, 0) is 18.1 Å². The zero-order chi connectivity index (χ0) is 26.6. The van der Waals surface area contributed by atoms with E-state index in [0.29, 0.717) is 27.7 Å². The predicted molar refractivity (Wildman–Crippen MR) is 135 cm³/mol. The number of aliphatic hydroxyl groups excluding tert-OH is 2. The van der Waals surface area contributed by atoms with Gasteiger partial charge in [-0.25, -0.2) is 9.78 Å². The number of carbonyl (C=O) groups excluding carboxylic acids is 1. The van der Waals surface area contributed by atoms with Crippen molar-refractivity contribution in [3.05, 3.63) is 88.6 Å². The van der Waals surface area contributed by atoms with Crippen LogP contribution in [-0.4, -0.2) is 54.1 Å². The Labute approximate surface area is 217 Å². The van der Waals surface area contributed by atoms with Crippen LogP contribution in [0.2, 0.25) is 5.02 Å². The molecular formula is C26H26ClF3N4O3. The topological polar surface area (TPSA) is 88.9 Å². The Bertz CT molecular complexity index is 1220. The molecule has 37 heavy (non-hydrogen) atoms. The van der Waals surface area contributed by atoms with E-state index in [2.05, 4.69) is 10.3 Å². The lowest BCUT2D eigenvalue weighted by atomic mass is 9.82. The number of halogens is 4. The number of nitrogens with zero attached hydrogens (tertiary/aromatic N) is 3. The fourth-order valence-electron chi connectivity index (χ4n) is 4.62. The second kappa shape index (κ2) is 11.0. The van der Waals surface area contributed by atoms with Crippen LogP contribution in [0.4, 0.5) is 29.5 Å². The molecule has 3 N–H and O–H groups in total. The fraction of sp³-hybridized carbons (Fsp3) is 0.308. The second-order valence-electron chi connectivity index (χ2n) is 8.72. The van der Waals surface area contributed by atoms with Gasteiger partial charge in [0.25, 0.3) is 0 Å². The summed E-state index contributed by atoms with van der Waals surface area (Å²) in [6.07, 6.45) is -2.79. The quantitative estimate of drug-likeness (QED) is 0.383. The van der Waals surface area contributed by atoms with Gasteiger partial charge in [0.1, 0.15) is 5.82 Å². The molecule has 0 unspecified atom stereocenters. The van der Waals surface area contributed by atoms with Gasteiger partial charge in [-0.1, -0.05) is 29.8 Å². The highest BCUT2D eigenvalue weighted by Crippen LogP contribution is 2.41. The van der Waals surface area contributed by atoms with Gasteiger partial charge in [-0.3, -0.25) is 4.90 Å². The van der Waals surface area contributed by atoms with E-state index in [-0.39, 0.29) is 39.3 Å². The number of urea groups is 1. The molecule has 0 radical (unpaired) electrons. The van der Waals surface area contributed by atoms with Crippen molar-refractivity contribution in [2.75, 3.05) is 42.6 Å². The van der Waals surface area contributed by atoms with Crippen LogP contribution in [0.1, 0.15) is 16.7 Å². The first-order valence-electron chi connectivity index (χ1n) is 11.6. The Kier molecular flexibility index (Phi) is 7.91. The van der Waals surface area contributed by atoms with Crippen LogP contribution in [0.3, 0.4) is 0 Å². The van der Waals surface area contributed by atoms with E-state index < -0.39 is 23.3 Å². The van der Waals surface area contributed by atoms with Crippen molar-refractivity contribution in [2.45, 2.75) is 18.1 Å². The first kappa shape index (κ1) is 26.7. The lowest BCUT2D eigenvalue weighted by Crippen LogP contribution is -2.47. The van der Waals surface area contributed by atoms with Gasteiger partial charge in [0.15, 0.2) is 0 Å². The summed E-state index contributed by atoms with van der Waals surface area (Å²) in [6, 6.07) is 14.6. The molecule has 7 nitrogen and oxygen atoms in total. The van der Waals surface area contributed by atoms with E-state index >= 15 is 0 Å². The van der Waals surface area contributed by atoms with Crippen molar-refractivity contribution < 1.29 is 28.2 Å². The molecule has 1 aliphatic rings. The molecule has 1 aromatic heterocycles. The minimum atomic E-state index is -4.55. The number of aliphatic hydroxyl groups is 2. The SMILES string of the molecule is O=C1NC[C@](Cc2ccc(N(CCO)CCO)nc2)(c2cccc(C(F)(F)F)c2)N1c1ccc(Cl)cc1. The zero-order valence-corrected chi connectivity index (χ0v) is 20.5. The average molecular weight is 535 g/mol. The molecule has 11 heteroatoms. The molecule has 0 aliphatic carbocycles. The van der Waals surface area contributed by atoms with E-state index in [9.17, 15) is 28.2 Å². The molecule has 4 rings (SSSR count). The van der Waals surface area contributed by atoms with Crippen molar-refractivity contribution in [2.24, 2.45) is 0 Å².